The third kappa shape index (κ3) is 4.73. The second-order valence-electron chi connectivity index (χ2n) is 6.90. The molecule has 0 unspecified atom stereocenters. The van der Waals surface area contributed by atoms with E-state index in [2.05, 4.69) is 41.6 Å². The molecule has 1 atom stereocenters. The largest absolute Gasteiger partial charge is 0.481 e. The lowest BCUT2D eigenvalue weighted by molar-refractivity contribution is -0.122. The number of rotatable bonds is 6. The van der Waals surface area contributed by atoms with Gasteiger partial charge in [0, 0.05) is 5.02 Å². The number of benzene rings is 2. The summed E-state index contributed by atoms with van der Waals surface area (Å²) in [6, 6.07) is 15.3. The van der Waals surface area contributed by atoms with Crippen molar-refractivity contribution in [2.24, 2.45) is 0 Å². The number of hydrogen-bond acceptors (Lipinski definition) is 3. The van der Waals surface area contributed by atoms with Crippen LogP contribution in [0.15, 0.2) is 48.5 Å². The highest BCUT2D eigenvalue weighted by Crippen LogP contribution is 2.22. The molecule has 0 aliphatic rings. The molecule has 3 rings (SSSR count). The Hall–Kier alpha value is -2.79. The van der Waals surface area contributed by atoms with Crippen LogP contribution in [0, 0.1) is 20.8 Å². The van der Waals surface area contributed by atoms with Crippen LogP contribution in [0.2, 0.25) is 5.02 Å². The number of ether oxygens (including phenoxy) is 1. The summed E-state index contributed by atoms with van der Waals surface area (Å²) in [4.78, 5) is 12.6. The van der Waals surface area contributed by atoms with Crippen LogP contribution in [0.25, 0.3) is 0 Å². The van der Waals surface area contributed by atoms with Crippen molar-refractivity contribution in [2.45, 2.75) is 40.3 Å². The van der Waals surface area contributed by atoms with Crippen molar-refractivity contribution in [3.05, 3.63) is 76.1 Å². The van der Waals surface area contributed by atoms with Crippen LogP contribution in [-0.2, 0) is 11.3 Å². The second kappa shape index (κ2) is 8.48. The molecule has 1 N–H and O–H groups in total. The average molecular weight is 398 g/mol. The monoisotopic (exact) mass is 397 g/mol. The van der Waals surface area contributed by atoms with E-state index in [0.717, 1.165) is 22.6 Å². The molecule has 0 aliphatic heterocycles. The lowest BCUT2D eigenvalue weighted by Crippen LogP contribution is -2.30. The summed E-state index contributed by atoms with van der Waals surface area (Å²) in [6.07, 6.45) is -0.669. The predicted molar refractivity (Wildman–Crippen MR) is 112 cm³/mol. The average Bonchev–Trinajstić information content (AvgIpc) is 2.91. The molecule has 0 fully saturated rings. The number of nitrogens with zero attached hydrogens (tertiary/aromatic N) is 2. The van der Waals surface area contributed by atoms with Crippen LogP contribution in [0.4, 0.5) is 5.69 Å². The molecular weight excluding hydrogens is 374 g/mol. The number of anilines is 1. The van der Waals surface area contributed by atoms with Crippen LogP contribution in [0.3, 0.4) is 0 Å². The van der Waals surface area contributed by atoms with E-state index in [1.54, 1.807) is 31.2 Å². The first kappa shape index (κ1) is 20.0. The predicted octanol–water partition coefficient (Wildman–Crippen LogP) is 4.92. The molecular formula is C22H24ClN3O2. The molecule has 3 aromatic rings. The Morgan fingerprint density at radius 1 is 1.18 bits per heavy atom. The molecule has 1 aromatic heterocycles. The molecule has 1 amide bonds. The van der Waals surface area contributed by atoms with E-state index in [0.29, 0.717) is 17.3 Å². The molecule has 0 aliphatic carbocycles. The highest BCUT2D eigenvalue weighted by Gasteiger charge is 2.19. The summed E-state index contributed by atoms with van der Waals surface area (Å²) in [5.41, 5.74) is 4.78. The van der Waals surface area contributed by atoms with Crippen LogP contribution < -0.4 is 10.1 Å². The zero-order valence-electron chi connectivity index (χ0n) is 16.5. The van der Waals surface area contributed by atoms with Gasteiger partial charge in [0.2, 0.25) is 0 Å². The maximum Gasteiger partial charge on any atom is 0.265 e. The number of carbonyl (C=O) groups excluding carboxylic acids is 1. The minimum Gasteiger partial charge on any atom is -0.481 e. The van der Waals surface area contributed by atoms with E-state index < -0.39 is 6.10 Å². The van der Waals surface area contributed by atoms with E-state index in [1.807, 2.05) is 18.5 Å². The highest BCUT2D eigenvalue weighted by atomic mass is 35.5. The minimum absolute atomic E-state index is 0.235. The highest BCUT2D eigenvalue weighted by molar-refractivity contribution is 6.30. The fourth-order valence-electron chi connectivity index (χ4n) is 2.92. The zero-order valence-corrected chi connectivity index (χ0v) is 17.2. The molecule has 0 saturated heterocycles. The van der Waals surface area contributed by atoms with Crippen LogP contribution in [0.5, 0.6) is 5.75 Å². The van der Waals surface area contributed by atoms with E-state index in [1.165, 1.54) is 5.56 Å². The number of nitrogens with one attached hydrogen (secondary N) is 1. The molecule has 5 nitrogen and oxygen atoms in total. The van der Waals surface area contributed by atoms with Gasteiger partial charge in [-0.05, 0) is 51.5 Å². The molecule has 0 radical (unpaired) electrons. The molecule has 28 heavy (non-hydrogen) atoms. The minimum atomic E-state index is -0.669. The Morgan fingerprint density at radius 2 is 1.89 bits per heavy atom. The van der Waals surface area contributed by atoms with Crippen molar-refractivity contribution in [3.8, 4) is 5.75 Å². The van der Waals surface area contributed by atoms with Crippen LogP contribution in [-0.4, -0.2) is 21.8 Å². The quantitative estimate of drug-likeness (QED) is 0.642. The topological polar surface area (TPSA) is 56.2 Å². The Kier molecular flexibility index (Phi) is 6.05. The van der Waals surface area contributed by atoms with Gasteiger partial charge in [-0.15, -0.1) is 0 Å². The Morgan fingerprint density at radius 3 is 2.57 bits per heavy atom. The fraction of sp³-hybridized carbons (Fsp3) is 0.273. The zero-order chi connectivity index (χ0) is 20.3. The Bertz CT molecular complexity index is 980. The SMILES string of the molecule is Cc1ccc(Cn2nc(C)c(NC(=O)[C@@H](C)Oc3cccc(Cl)c3)c2C)cc1. The van der Waals surface area contributed by atoms with Gasteiger partial charge < -0.3 is 10.1 Å². The van der Waals surface area contributed by atoms with Crippen molar-refractivity contribution in [1.82, 2.24) is 9.78 Å². The maximum absolute atomic E-state index is 12.6. The lowest BCUT2D eigenvalue weighted by atomic mass is 10.1. The number of aromatic nitrogens is 2. The Balaban J connectivity index is 1.70. The van der Waals surface area contributed by atoms with Gasteiger partial charge in [-0.3, -0.25) is 9.48 Å². The molecule has 0 saturated carbocycles. The fourth-order valence-corrected chi connectivity index (χ4v) is 3.10. The van der Waals surface area contributed by atoms with Gasteiger partial charge in [0.05, 0.1) is 23.6 Å². The molecule has 6 heteroatoms. The van der Waals surface area contributed by atoms with Gasteiger partial charge in [0.25, 0.3) is 5.91 Å². The lowest BCUT2D eigenvalue weighted by Gasteiger charge is -2.15. The first-order chi connectivity index (χ1) is 13.3. The van der Waals surface area contributed by atoms with E-state index in [4.69, 9.17) is 16.3 Å². The van der Waals surface area contributed by atoms with E-state index in [9.17, 15) is 4.79 Å². The van der Waals surface area contributed by atoms with Gasteiger partial charge in [0.1, 0.15) is 5.75 Å². The van der Waals surface area contributed by atoms with Crippen molar-refractivity contribution >= 4 is 23.2 Å². The standard InChI is InChI=1S/C22H24ClN3O2/c1-14-8-10-18(11-9-14)13-26-16(3)21(15(2)25-26)24-22(27)17(4)28-20-7-5-6-19(23)12-20/h5-12,17H,13H2,1-4H3,(H,24,27)/t17-/m1/s1. The van der Waals surface area contributed by atoms with Gasteiger partial charge >= 0.3 is 0 Å². The van der Waals surface area contributed by atoms with Gasteiger partial charge in [0.15, 0.2) is 6.10 Å². The van der Waals surface area contributed by atoms with Gasteiger partial charge in [-0.1, -0.05) is 47.5 Å². The van der Waals surface area contributed by atoms with Crippen molar-refractivity contribution in [2.75, 3.05) is 5.32 Å². The summed E-state index contributed by atoms with van der Waals surface area (Å²) >= 11 is 5.97. The first-order valence-electron chi connectivity index (χ1n) is 9.16. The number of hydrogen-bond donors (Lipinski definition) is 1. The summed E-state index contributed by atoms with van der Waals surface area (Å²) < 4.78 is 7.60. The summed E-state index contributed by atoms with van der Waals surface area (Å²) in [5, 5.41) is 8.09. The van der Waals surface area contributed by atoms with Crippen LogP contribution >= 0.6 is 11.6 Å². The summed E-state index contributed by atoms with van der Waals surface area (Å²) in [7, 11) is 0. The van der Waals surface area contributed by atoms with Crippen molar-refractivity contribution in [1.29, 1.82) is 0 Å². The maximum atomic E-state index is 12.6. The number of halogens is 1. The number of aryl methyl sites for hydroxylation is 2. The van der Waals surface area contributed by atoms with E-state index >= 15 is 0 Å². The van der Waals surface area contributed by atoms with Crippen molar-refractivity contribution < 1.29 is 9.53 Å². The number of amides is 1. The molecule has 0 spiro atoms. The molecule has 146 valence electrons. The third-order valence-electron chi connectivity index (χ3n) is 4.56. The Labute approximate surface area is 170 Å². The number of carbonyl (C=O) groups is 1. The van der Waals surface area contributed by atoms with Gasteiger partial charge in [-0.2, -0.15) is 5.10 Å². The first-order valence-corrected chi connectivity index (χ1v) is 9.54. The van der Waals surface area contributed by atoms with Crippen LogP contribution in [0.1, 0.15) is 29.4 Å². The smallest absolute Gasteiger partial charge is 0.265 e. The normalized spacial score (nSPS) is 11.9. The second-order valence-corrected chi connectivity index (χ2v) is 7.33. The van der Waals surface area contributed by atoms with Gasteiger partial charge in [-0.25, -0.2) is 0 Å². The van der Waals surface area contributed by atoms with Crippen molar-refractivity contribution in [3.63, 3.8) is 0 Å². The molecule has 0 bridgehead atoms. The third-order valence-corrected chi connectivity index (χ3v) is 4.80. The van der Waals surface area contributed by atoms with E-state index in [-0.39, 0.29) is 5.91 Å². The molecule has 1 heterocycles. The summed E-state index contributed by atoms with van der Waals surface area (Å²) in [6.45, 7) is 8.26. The molecule has 2 aromatic carbocycles. The summed E-state index contributed by atoms with van der Waals surface area (Å²) in [5.74, 6) is 0.319.